The minimum atomic E-state index is -0.826. The normalized spacial score (nSPS) is 24.0. The molecule has 3 rings (SSSR count). The Morgan fingerprint density at radius 2 is 2.14 bits per heavy atom. The van der Waals surface area contributed by atoms with Crippen molar-refractivity contribution in [2.45, 2.75) is 26.2 Å². The van der Waals surface area contributed by atoms with E-state index in [4.69, 9.17) is 0 Å². The number of likely N-dealkylation sites (tertiary alicyclic amines) is 1. The van der Waals surface area contributed by atoms with Gasteiger partial charge in [-0.2, -0.15) is 0 Å². The van der Waals surface area contributed by atoms with E-state index in [0.29, 0.717) is 18.5 Å². The maximum absolute atomic E-state index is 12.6. The molecule has 1 amide bonds. The number of rotatable bonds is 2. The number of carboxylic acids is 1. The zero-order chi connectivity index (χ0) is 15.0. The Morgan fingerprint density at radius 3 is 2.86 bits per heavy atom. The van der Waals surface area contributed by atoms with Crippen LogP contribution in [-0.2, 0) is 11.2 Å². The summed E-state index contributed by atoms with van der Waals surface area (Å²) >= 11 is 0. The SMILES string of the molecule is CC1(C(=O)O)CCN(C(=O)c2ccc3c(c2)CCC=C3)C1. The summed E-state index contributed by atoms with van der Waals surface area (Å²) in [6.07, 6.45) is 6.71. The van der Waals surface area contributed by atoms with Crippen LogP contribution < -0.4 is 0 Å². The van der Waals surface area contributed by atoms with Gasteiger partial charge in [-0.05, 0) is 49.4 Å². The Bertz CT molecular complexity index is 635. The standard InChI is InChI=1S/C17H19NO3/c1-17(16(20)21)8-9-18(11-17)15(19)14-7-6-12-4-2-3-5-13(12)10-14/h2,4,6-7,10H,3,5,8-9,11H2,1H3,(H,20,21). The van der Waals surface area contributed by atoms with Gasteiger partial charge in [-0.15, -0.1) is 0 Å². The number of aliphatic carboxylic acids is 1. The van der Waals surface area contributed by atoms with Crippen LogP contribution in [0.1, 0.15) is 41.3 Å². The van der Waals surface area contributed by atoms with E-state index >= 15 is 0 Å². The van der Waals surface area contributed by atoms with Crippen LogP contribution in [0.5, 0.6) is 0 Å². The van der Waals surface area contributed by atoms with E-state index in [9.17, 15) is 14.7 Å². The van der Waals surface area contributed by atoms with Crippen LogP contribution in [0.2, 0.25) is 0 Å². The van der Waals surface area contributed by atoms with Gasteiger partial charge < -0.3 is 10.0 Å². The first-order chi connectivity index (χ1) is 9.99. The summed E-state index contributed by atoms with van der Waals surface area (Å²) in [5, 5.41) is 9.26. The van der Waals surface area contributed by atoms with Gasteiger partial charge >= 0.3 is 5.97 Å². The van der Waals surface area contributed by atoms with E-state index in [1.165, 1.54) is 11.1 Å². The smallest absolute Gasteiger partial charge is 0.311 e. The number of carbonyl (C=O) groups is 2. The first-order valence-corrected chi connectivity index (χ1v) is 7.32. The molecule has 0 radical (unpaired) electrons. The zero-order valence-electron chi connectivity index (χ0n) is 12.1. The molecule has 0 aromatic heterocycles. The third-order valence-corrected chi connectivity index (χ3v) is 4.54. The summed E-state index contributed by atoms with van der Waals surface area (Å²) in [4.78, 5) is 25.5. The molecule has 110 valence electrons. The molecule has 1 unspecified atom stereocenters. The van der Waals surface area contributed by atoms with Gasteiger partial charge in [0.15, 0.2) is 0 Å². The van der Waals surface area contributed by atoms with Crippen molar-refractivity contribution in [2.24, 2.45) is 5.41 Å². The summed E-state index contributed by atoms with van der Waals surface area (Å²) in [5.41, 5.74) is 2.23. The average Bonchev–Trinajstić information content (AvgIpc) is 2.90. The predicted molar refractivity (Wildman–Crippen MR) is 80.1 cm³/mol. The molecule has 1 aromatic rings. The Morgan fingerprint density at radius 1 is 1.33 bits per heavy atom. The summed E-state index contributed by atoms with van der Waals surface area (Å²) in [6.45, 7) is 2.51. The number of amides is 1. The van der Waals surface area contributed by atoms with E-state index in [2.05, 4.69) is 12.2 Å². The van der Waals surface area contributed by atoms with E-state index in [1.54, 1.807) is 11.8 Å². The lowest BCUT2D eigenvalue weighted by molar-refractivity contribution is -0.147. The minimum Gasteiger partial charge on any atom is -0.481 e. The van der Waals surface area contributed by atoms with Crippen LogP contribution >= 0.6 is 0 Å². The largest absolute Gasteiger partial charge is 0.481 e. The highest BCUT2D eigenvalue weighted by atomic mass is 16.4. The summed E-state index contributed by atoms with van der Waals surface area (Å²) in [7, 11) is 0. The van der Waals surface area contributed by atoms with Crippen molar-refractivity contribution in [3.05, 3.63) is 41.0 Å². The molecule has 4 heteroatoms. The van der Waals surface area contributed by atoms with Crippen molar-refractivity contribution in [3.63, 3.8) is 0 Å². The second-order valence-electron chi connectivity index (χ2n) is 6.20. The topological polar surface area (TPSA) is 57.6 Å². The number of hydrogen-bond acceptors (Lipinski definition) is 2. The van der Waals surface area contributed by atoms with E-state index in [0.717, 1.165) is 12.8 Å². The van der Waals surface area contributed by atoms with Gasteiger partial charge in [0.2, 0.25) is 0 Å². The molecule has 4 nitrogen and oxygen atoms in total. The van der Waals surface area contributed by atoms with Gasteiger partial charge in [-0.1, -0.05) is 18.2 Å². The van der Waals surface area contributed by atoms with Gasteiger partial charge in [0.25, 0.3) is 5.91 Å². The lowest BCUT2D eigenvalue weighted by Gasteiger charge is -2.21. The Balaban J connectivity index is 1.80. The Labute approximate surface area is 124 Å². The summed E-state index contributed by atoms with van der Waals surface area (Å²) in [5.74, 6) is -0.884. The number of allylic oxidation sites excluding steroid dienone is 1. The molecule has 2 aliphatic rings. The molecule has 1 heterocycles. The zero-order valence-corrected chi connectivity index (χ0v) is 12.1. The molecule has 21 heavy (non-hydrogen) atoms. The van der Waals surface area contributed by atoms with Crippen molar-refractivity contribution in [1.82, 2.24) is 4.90 Å². The maximum atomic E-state index is 12.6. The van der Waals surface area contributed by atoms with Gasteiger partial charge in [0, 0.05) is 18.7 Å². The fraction of sp³-hybridized carbons (Fsp3) is 0.412. The molecule has 1 aliphatic heterocycles. The average molecular weight is 285 g/mol. The third-order valence-electron chi connectivity index (χ3n) is 4.54. The van der Waals surface area contributed by atoms with E-state index in [1.807, 2.05) is 18.2 Å². The number of fused-ring (bicyclic) bond motifs is 1. The van der Waals surface area contributed by atoms with E-state index in [-0.39, 0.29) is 12.5 Å². The summed E-state index contributed by atoms with van der Waals surface area (Å²) < 4.78 is 0. The predicted octanol–water partition coefficient (Wildman–Crippen LogP) is 2.58. The molecule has 1 N–H and O–H groups in total. The van der Waals surface area contributed by atoms with Crippen molar-refractivity contribution in [3.8, 4) is 0 Å². The highest BCUT2D eigenvalue weighted by Gasteiger charge is 2.42. The van der Waals surface area contributed by atoms with Crippen LogP contribution in [0.3, 0.4) is 0 Å². The van der Waals surface area contributed by atoms with Gasteiger partial charge in [-0.3, -0.25) is 9.59 Å². The second-order valence-corrected chi connectivity index (χ2v) is 6.20. The number of benzene rings is 1. The molecular formula is C17H19NO3. The van der Waals surface area contributed by atoms with Crippen LogP contribution in [0.4, 0.5) is 0 Å². The number of hydrogen-bond donors (Lipinski definition) is 1. The van der Waals surface area contributed by atoms with Gasteiger partial charge in [0.1, 0.15) is 0 Å². The highest BCUT2D eigenvalue weighted by Crippen LogP contribution is 2.31. The maximum Gasteiger partial charge on any atom is 0.311 e. The summed E-state index contributed by atoms with van der Waals surface area (Å²) in [6, 6.07) is 5.77. The second kappa shape index (κ2) is 5.02. The lowest BCUT2D eigenvalue weighted by atomic mass is 9.90. The number of carbonyl (C=O) groups excluding carboxylic acids is 1. The van der Waals surface area contributed by atoms with Crippen molar-refractivity contribution < 1.29 is 14.7 Å². The van der Waals surface area contributed by atoms with Crippen LogP contribution in [0, 0.1) is 5.41 Å². The molecule has 0 saturated carbocycles. The third kappa shape index (κ3) is 2.46. The first-order valence-electron chi connectivity index (χ1n) is 7.32. The molecule has 1 saturated heterocycles. The Kier molecular flexibility index (Phi) is 3.32. The van der Waals surface area contributed by atoms with Crippen LogP contribution in [0.25, 0.3) is 6.08 Å². The van der Waals surface area contributed by atoms with E-state index < -0.39 is 11.4 Å². The molecule has 1 atom stereocenters. The van der Waals surface area contributed by atoms with Gasteiger partial charge in [-0.25, -0.2) is 0 Å². The van der Waals surface area contributed by atoms with Crippen LogP contribution in [-0.4, -0.2) is 35.0 Å². The van der Waals surface area contributed by atoms with Crippen LogP contribution in [0.15, 0.2) is 24.3 Å². The van der Waals surface area contributed by atoms with Crippen molar-refractivity contribution >= 4 is 18.0 Å². The quantitative estimate of drug-likeness (QED) is 0.908. The first kappa shape index (κ1) is 13.9. The monoisotopic (exact) mass is 285 g/mol. The van der Waals surface area contributed by atoms with Gasteiger partial charge in [0.05, 0.1) is 5.41 Å². The number of nitrogens with zero attached hydrogens (tertiary/aromatic N) is 1. The molecule has 0 spiro atoms. The number of aryl methyl sites for hydroxylation is 1. The Hall–Kier alpha value is -2.10. The number of carboxylic acid groups (broad SMARTS) is 1. The minimum absolute atomic E-state index is 0.0580. The fourth-order valence-electron chi connectivity index (χ4n) is 3.06. The molecule has 0 bridgehead atoms. The molecule has 1 fully saturated rings. The lowest BCUT2D eigenvalue weighted by Crippen LogP contribution is -2.34. The molecule has 1 aliphatic carbocycles. The fourth-order valence-corrected chi connectivity index (χ4v) is 3.06. The van der Waals surface area contributed by atoms with Crippen molar-refractivity contribution in [2.75, 3.05) is 13.1 Å². The van der Waals surface area contributed by atoms with Crippen molar-refractivity contribution in [1.29, 1.82) is 0 Å². The molecular weight excluding hydrogens is 266 g/mol. The highest BCUT2D eigenvalue weighted by molar-refractivity contribution is 5.95. The molecule has 1 aromatic carbocycles.